The Balaban J connectivity index is 0.000000659. The second-order valence-corrected chi connectivity index (χ2v) is 6.93. The fourth-order valence-corrected chi connectivity index (χ4v) is 3.98. The average Bonchev–Trinajstić information content (AvgIpc) is 3.14. The Morgan fingerprint density at radius 2 is 2.11 bits per heavy atom. The molecule has 0 unspecified atom stereocenters. The van der Waals surface area contributed by atoms with Crippen molar-refractivity contribution in [3.8, 4) is 0 Å². The van der Waals surface area contributed by atoms with Crippen molar-refractivity contribution in [1.29, 1.82) is 0 Å². The van der Waals surface area contributed by atoms with E-state index in [0.29, 0.717) is 31.5 Å². The van der Waals surface area contributed by atoms with Crippen LogP contribution in [0.1, 0.15) is 29.6 Å². The highest BCUT2D eigenvalue weighted by Crippen LogP contribution is 2.37. The smallest absolute Gasteiger partial charge is 0.290 e. The molecule has 2 aromatic rings. The van der Waals surface area contributed by atoms with Gasteiger partial charge in [-0.05, 0) is 42.8 Å². The number of nitrogens with one attached hydrogen (secondary N) is 2. The van der Waals surface area contributed by atoms with Crippen LogP contribution in [0.4, 0.5) is 0 Å². The third-order valence-electron chi connectivity index (χ3n) is 5.41. The Labute approximate surface area is 156 Å². The van der Waals surface area contributed by atoms with Crippen molar-refractivity contribution in [2.24, 2.45) is 5.41 Å². The summed E-state index contributed by atoms with van der Waals surface area (Å²) in [6.45, 7) is 1.14. The number of carbonyl (C=O) groups excluding carboxylic acids is 2. The lowest BCUT2D eigenvalue weighted by Gasteiger charge is -2.46. The van der Waals surface area contributed by atoms with E-state index in [0.717, 1.165) is 17.3 Å². The van der Waals surface area contributed by atoms with E-state index >= 15 is 0 Å². The third-order valence-corrected chi connectivity index (χ3v) is 5.41. The normalized spacial score (nSPS) is 24.9. The lowest BCUT2D eigenvalue weighted by atomic mass is 9.71. The second-order valence-electron chi connectivity index (χ2n) is 6.93. The van der Waals surface area contributed by atoms with Gasteiger partial charge in [0.2, 0.25) is 5.91 Å². The van der Waals surface area contributed by atoms with Crippen LogP contribution in [0.3, 0.4) is 0 Å². The minimum Gasteiger partial charge on any atom is -0.483 e. The molecule has 0 bridgehead atoms. The molecule has 0 radical (unpaired) electrons. The molecule has 0 aliphatic carbocycles. The number of aliphatic hydroxyl groups is 1. The van der Waals surface area contributed by atoms with Gasteiger partial charge < -0.3 is 25.4 Å². The minimum absolute atomic E-state index is 0.0869. The van der Waals surface area contributed by atoms with E-state index in [1.165, 1.54) is 0 Å². The maximum Gasteiger partial charge on any atom is 0.290 e. The molecule has 3 heterocycles. The van der Waals surface area contributed by atoms with Crippen LogP contribution in [0, 0.1) is 5.41 Å². The van der Waals surface area contributed by atoms with Crippen molar-refractivity contribution in [1.82, 2.24) is 15.2 Å². The number of hydrogen-bond donors (Lipinski definition) is 4. The van der Waals surface area contributed by atoms with Crippen LogP contribution >= 0.6 is 0 Å². The molecule has 8 heteroatoms. The Morgan fingerprint density at radius 3 is 2.85 bits per heavy atom. The van der Waals surface area contributed by atoms with Gasteiger partial charge in [-0.3, -0.25) is 14.4 Å². The van der Waals surface area contributed by atoms with Crippen molar-refractivity contribution in [3.63, 3.8) is 0 Å². The predicted octanol–water partition coefficient (Wildman–Crippen LogP) is 0.972. The monoisotopic (exact) mass is 373 g/mol. The lowest BCUT2D eigenvalue weighted by Crippen LogP contribution is -2.62. The van der Waals surface area contributed by atoms with Gasteiger partial charge in [0.05, 0.1) is 11.5 Å². The molecule has 1 spiro atoms. The molecule has 2 fully saturated rings. The van der Waals surface area contributed by atoms with Gasteiger partial charge in [0.1, 0.15) is 0 Å². The van der Waals surface area contributed by atoms with Crippen LogP contribution in [-0.2, 0) is 9.59 Å². The number of benzene rings is 1. The van der Waals surface area contributed by atoms with Gasteiger partial charge >= 0.3 is 0 Å². The highest BCUT2D eigenvalue weighted by Gasteiger charge is 2.50. The zero-order chi connectivity index (χ0) is 19.4. The van der Waals surface area contributed by atoms with E-state index in [9.17, 15) is 14.7 Å². The number of aliphatic hydroxyl groups excluding tert-OH is 1. The summed E-state index contributed by atoms with van der Waals surface area (Å²) in [5.41, 5.74) is 0.665. The number of aromatic nitrogens is 1. The SMILES string of the molecule is O=C(c1ccc2cc[nH]c2c1)N1CC[C@H](O)[C@@]2(CCCNC2=O)C1.O=CO. The van der Waals surface area contributed by atoms with Crippen molar-refractivity contribution >= 4 is 29.2 Å². The number of H-pyrrole nitrogens is 1. The Morgan fingerprint density at radius 1 is 1.33 bits per heavy atom. The summed E-state index contributed by atoms with van der Waals surface area (Å²) in [4.78, 5) is 38.5. The number of likely N-dealkylation sites (tertiary alicyclic amines) is 1. The molecule has 2 aliphatic heterocycles. The number of hydrogen-bond acceptors (Lipinski definition) is 4. The zero-order valence-corrected chi connectivity index (χ0v) is 14.9. The molecule has 2 amide bonds. The van der Waals surface area contributed by atoms with Crippen molar-refractivity contribution in [2.75, 3.05) is 19.6 Å². The van der Waals surface area contributed by atoms with Gasteiger partial charge in [-0.25, -0.2) is 0 Å². The standard InChI is InChI=1S/C18H21N3O3.CH2O2/c22-15-5-9-21(11-18(15)6-1-7-20-17(18)24)16(23)13-3-2-12-4-8-19-14(12)10-13;2-1-3/h2-4,8,10,15,19,22H,1,5-7,9,11H2,(H,20,24);1H,(H,2,3)/t15-,18+;/m0./s1. The van der Waals surface area contributed by atoms with Crippen LogP contribution < -0.4 is 5.32 Å². The van der Waals surface area contributed by atoms with E-state index in [4.69, 9.17) is 9.90 Å². The summed E-state index contributed by atoms with van der Waals surface area (Å²) in [7, 11) is 0. The van der Waals surface area contributed by atoms with Gasteiger partial charge in [-0.1, -0.05) is 6.07 Å². The molecule has 1 aromatic heterocycles. The predicted molar refractivity (Wildman–Crippen MR) is 98.2 cm³/mol. The van der Waals surface area contributed by atoms with Gasteiger partial charge in [0, 0.05) is 36.9 Å². The highest BCUT2D eigenvalue weighted by atomic mass is 16.3. The first-order valence-electron chi connectivity index (χ1n) is 8.92. The van der Waals surface area contributed by atoms with Gasteiger partial charge in [-0.15, -0.1) is 0 Å². The van der Waals surface area contributed by atoms with Crippen LogP contribution in [0.2, 0.25) is 0 Å². The average molecular weight is 373 g/mol. The fraction of sp³-hybridized carbons (Fsp3) is 0.421. The Kier molecular flexibility index (Phi) is 5.46. The van der Waals surface area contributed by atoms with Gasteiger partial charge in [0.15, 0.2) is 0 Å². The summed E-state index contributed by atoms with van der Waals surface area (Å²) < 4.78 is 0. The number of carbonyl (C=O) groups is 3. The van der Waals surface area contributed by atoms with E-state index in [-0.39, 0.29) is 24.8 Å². The fourth-order valence-electron chi connectivity index (χ4n) is 3.98. The second kappa shape index (κ2) is 7.79. The van der Waals surface area contributed by atoms with Gasteiger partial charge in [0.25, 0.3) is 12.4 Å². The maximum atomic E-state index is 12.9. The topological polar surface area (TPSA) is 123 Å². The summed E-state index contributed by atoms with van der Waals surface area (Å²) in [5.74, 6) is -0.213. The van der Waals surface area contributed by atoms with E-state index < -0.39 is 11.5 Å². The molecule has 2 saturated heterocycles. The number of aromatic amines is 1. The molecule has 2 aliphatic rings. The number of piperidine rings is 2. The molecule has 27 heavy (non-hydrogen) atoms. The van der Waals surface area contributed by atoms with Crippen LogP contribution in [-0.4, -0.2) is 64.1 Å². The molecular formula is C19H23N3O5. The Bertz CT molecular complexity index is 849. The summed E-state index contributed by atoms with van der Waals surface area (Å²) in [6, 6.07) is 7.54. The summed E-state index contributed by atoms with van der Waals surface area (Å²) in [6.07, 6.45) is 3.05. The minimum atomic E-state index is -0.858. The van der Waals surface area contributed by atoms with Crippen LogP contribution in [0.5, 0.6) is 0 Å². The molecule has 1 aromatic carbocycles. The van der Waals surface area contributed by atoms with Crippen molar-refractivity contribution < 1.29 is 24.6 Å². The largest absolute Gasteiger partial charge is 0.483 e. The molecule has 144 valence electrons. The summed E-state index contributed by atoms with van der Waals surface area (Å²) in [5, 5.41) is 21.2. The zero-order valence-electron chi connectivity index (χ0n) is 14.9. The van der Waals surface area contributed by atoms with Crippen molar-refractivity contribution in [3.05, 3.63) is 36.0 Å². The first-order chi connectivity index (χ1) is 13.0. The maximum absolute atomic E-state index is 12.9. The molecule has 2 atom stereocenters. The Hall–Kier alpha value is -2.87. The van der Waals surface area contributed by atoms with E-state index in [1.54, 1.807) is 4.90 Å². The number of fused-ring (bicyclic) bond motifs is 1. The summed E-state index contributed by atoms with van der Waals surface area (Å²) >= 11 is 0. The highest BCUT2D eigenvalue weighted by molar-refractivity contribution is 5.98. The number of amides is 2. The van der Waals surface area contributed by atoms with E-state index in [2.05, 4.69) is 10.3 Å². The number of nitrogens with zero attached hydrogens (tertiary/aromatic N) is 1. The van der Waals surface area contributed by atoms with E-state index in [1.807, 2.05) is 30.5 Å². The van der Waals surface area contributed by atoms with Gasteiger partial charge in [-0.2, -0.15) is 0 Å². The van der Waals surface area contributed by atoms with Crippen molar-refractivity contribution in [2.45, 2.75) is 25.4 Å². The number of carboxylic acid groups (broad SMARTS) is 1. The van der Waals surface area contributed by atoms with Crippen LogP contribution in [0.15, 0.2) is 30.5 Å². The first kappa shape index (κ1) is 18.9. The molecule has 8 nitrogen and oxygen atoms in total. The first-order valence-corrected chi connectivity index (χ1v) is 8.92. The van der Waals surface area contributed by atoms with Crippen LogP contribution in [0.25, 0.3) is 10.9 Å². The molecule has 4 N–H and O–H groups in total. The lowest BCUT2D eigenvalue weighted by molar-refractivity contribution is -0.147. The quantitative estimate of drug-likeness (QED) is 0.555. The molecule has 4 rings (SSSR count). The molecular weight excluding hydrogens is 350 g/mol. The molecule has 0 saturated carbocycles. The number of rotatable bonds is 1. The third kappa shape index (κ3) is 3.52.